The molecule has 1 aromatic rings. The van der Waals surface area contributed by atoms with Crippen molar-refractivity contribution in [3.05, 3.63) is 24.4 Å². The lowest BCUT2D eigenvalue weighted by molar-refractivity contribution is -0.131. The Morgan fingerprint density at radius 3 is 2.65 bits per heavy atom. The predicted octanol–water partition coefficient (Wildman–Crippen LogP) is 2.06. The number of ether oxygens (including phenoxy) is 1. The van der Waals surface area contributed by atoms with Crippen LogP contribution in [0.1, 0.15) is 25.7 Å². The number of pyridine rings is 1. The van der Waals surface area contributed by atoms with Crippen molar-refractivity contribution in [2.45, 2.75) is 25.7 Å². The first-order valence-corrected chi connectivity index (χ1v) is 11.1. The van der Waals surface area contributed by atoms with Gasteiger partial charge in [-0.15, -0.1) is 24.0 Å². The van der Waals surface area contributed by atoms with E-state index >= 15 is 0 Å². The molecule has 0 aromatic carbocycles. The van der Waals surface area contributed by atoms with Crippen LogP contribution in [0.2, 0.25) is 0 Å². The Morgan fingerprint density at radius 2 is 2.00 bits per heavy atom. The van der Waals surface area contributed by atoms with Crippen molar-refractivity contribution in [2.75, 3.05) is 71.5 Å². The molecule has 1 N–H and O–H groups in total. The van der Waals surface area contributed by atoms with Crippen LogP contribution in [0.3, 0.4) is 0 Å². The standard InChI is InChI=1S/C22H36N6O2.HI/c1-23-22(26(2)12-7-19-8-17-30-18-9-19)25-11-6-21(29)28-15-13-27(14-16-28)20-5-3-4-10-24-20;/h3-5,10,19H,6-9,11-18H2,1-2H3,(H,23,25);1H. The van der Waals surface area contributed by atoms with E-state index in [-0.39, 0.29) is 29.9 Å². The molecule has 3 heterocycles. The van der Waals surface area contributed by atoms with Crippen LogP contribution in [0, 0.1) is 5.92 Å². The van der Waals surface area contributed by atoms with Crippen LogP contribution in [0.25, 0.3) is 0 Å². The second-order valence-electron chi connectivity index (χ2n) is 8.05. The fourth-order valence-corrected chi connectivity index (χ4v) is 4.07. The molecule has 174 valence electrons. The number of anilines is 1. The molecule has 31 heavy (non-hydrogen) atoms. The van der Waals surface area contributed by atoms with Gasteiger partial charge in [0.05, 0.1) is 0 Å². The molecule has 1 aromatic heterocycles. The minimum atomic E-state index is 0. The molecule has 8 nitrogen and oxygen atoms in total. The van der Waals surface area contributed by atoms with Gasteiger partial charge >= 0.3 is 0 Å². The van der Waals surface area contributed by atoms with Crippen LogP contribution in [-0.2, 0) is 9.53 Å². The van der Waals surface area contributed by atoms with Crippen LogP contribution in [-0.4, -0.2) is 93.2 Å². The highest BCUT2D eigenvalue weighted by Gasteiger charge is 2.21. The third-order valence-corrected chi connectivity index (χ3v) is 6.01. The number of nitrogens with one attached hydrogen (secondary N) is 1. The lowest BCUT2D eigenvalue weighted by atomic mass is 9.96. The fourth-order valence-electron chi connectivity index (χ4n) is 4.07. The Hall–Kier alpha value is -1.62. The molecule has 2 saturated heterocycles. The third kappa shape index (κ3) is 8.10. The van der Waals surface area contributed by atoms with E-state index in [2.05, 4.69) is 32.1 Å². The first-order valence-electron chi connectivity index (χ1n) is 11.1. The topological polar surface area (TPSA) is 73.3 Å². The number of amides is 1. The van der Waals surface area contributed by atoms with Crippen LogP contribution >= 0.6 is 24.0 Å². The van der Waals surface area contributed by atoms with Crippen LogP contribution in [0.5, 0.6) is 0 Å². The summed E-state index contributed by atoms with van der Waals surface area (Å²) in [6.07, 6.45) is 5.76. The number of aliphatic imine (C=N–C) groups is 1. The third-order valence-electron chi connectivity index (χ3n) is 6.01. The molecule has 2 aliphatic heterocycles. The summed E-state index contributed by atoms with van der Waals surface area (Å²) in [6.45, 7) is 6.49. The Labute approximate surface area is 203 Å². The number of hydrogen-bond acceptors (Lipinski definition) is 5. The van der Waals surface area contributed by atoms with Crippen molar-refractivity contribution < 1.29 is 9.53 Å². The van der Waals surface area contributed by atoms with Gasteiger partial charge in [0, 0.05) is 79.2 Å². The molecule has 1 amide bonds. The molecule has 0 saturated carbocycles. The zero-order chi connectivity index (χ0) is 21.2. The van der Waals surface area contributed by atoms with Gasteiger partial charge in [-0.2, -0.15) is 0 Å². The smallest absolute Gasteiger partial charge is 0.224 e. The van der Waals surface area contributed by atoms with Crippen molar-refractivity contribution in [2.24, 2.45) is 10.9 Å². The summed E-state index contributed by atoms with van der Waals surface area (Å²) in [4.78, 5) is 27.7. The van der Waals surface area contributed by atoms with E-state index in [1.807, 2.05) is 29.3 Å². The maximum absolute atomic E-state index is 12.6. The van der Waals surface area contributed by atoms with Crippen LogP contribution in [0.4, 0.5) is 5.82 Å². The first-order chi connectivity index (χ1) is 14.7. The Kier molecular flexibility index (Phi) is 11.3. The van der Waals surface area contributed by atoms with Gasteiger partial charge in [0.15, 0.2) is 5.96 Å². The summed E-state index contributed by atoms with van der Waals surface area (Å²) in [7, 11) is 3.86. The van der Waals surface area contributed by atoms with Gasteiger partial charge in [0.25, 0.3) is 0 Å². The molecule has 9 heteroatoms. The quantitative estimate of drug-likeness (QED) is 0.322. The fraction of sp³-hybridized carbons (Fsp3) is 0.682. The lowest BCUT2D eigenvalue weighted by Gasteiger charge is -2.35. The van der Waals surface area contributed by atoms with Crippen molar-refractivity contribution in [1.82, 2.24) is 20.1 Å². The number of aromatic nitrogens is 1. The highest BCUT2D eigenvalue weighted by molar-refractivity contribution is 14.0. The summed E-state index contributed by atoms with van der Waals surface area (Å²) in [5.74, 6) is 2.78. The maximum atomic E-state index is 12.6. The monoisotopic (exact) mass is 544 g/mol. The second-order valence-corrected chi connectivity index (χ2v) is 8.05. The molecule has 0 aliphatic carbocycles. The SMILES string of the molecule is CN=C(NCCC(=O)N1CCN(c2ccccn2)CC1)N(C)CCC1CCOCC1.I. The van der Waals surface area contributed by atoms with Crippen molar-refractivity contribution in [3.8, 4) is 0 Å². The number of rotatable bonds is 7. The molecule has 0 atom stereocenters. The number of carbonyl (C=O) groups excluding carboxylic acids is 1. The zero-order valence-electron chi connectivity index (χ0n) is 18.8. The van der Waals surface area contributed by atoms with E-state index in [1.54, 1.807) is 7.05 Å². The molecule has 0 radical (unpaired) electrons. The molecule has 0 bridgehead atoms. The zero-order valence-corrected chi connectivity index (χ0v) is 21.2. The summed E-state index contributed by atoms with van der Waals surface area (Å²) in [6, 6.07) is 5.94. The van der Waals surface area contributed by atoms with E-state index in [1.165, 1.54) is 0 Å². The molecular weight excluding hydrogens is 507 g/mol. The van der Waals surface area contributed by atoms with E-state index in [4.69, 9.17) is 4.74 Å². The largest absolute Gasteiger partial charge is 0.381 e. The van der Waals surface area contributed by atoms with Crippen LogP contribution < -0.4 is 10.2 Å². The van der Waals surface area contributed by atoms with Gasteiger partial charge in [0.2, 0.25) is 5.91 Å². The molecule has 0 spiro atoms. The van der Waals surface area contributed by atoms with Crippen molar-refractivity contribution in [1.29, 1.82) is 0 Å². The number of hydrogen-bond donors (Lipinski definition) is 1. The Bertz CT molecular complexity index is 676. The predicted molar refractivity (Wildman–Crippen MR) is 135 cm³/mol. The number of guanidine groups is 1. The summed E-state index contributed by atoms with van der Waals surface area (Å²) in [5, 5.41) is 3.34. The van der Waals surface area contributed by atoms with Crippen molar-refractivity contribution >= 4 is 41.7 Å². The van der Waals surface area contributed by atoms with E-state index in [9.17, 15) is 4.79 Å². The number of halogens is 1. The van der Waals surface area contributed by atoms with Gasteiger partial charge in [-0.25, -0.2) is 4.98 Å². The number of piperazine rings is 1. The van der Waals surface area contributed by atoms with Gasteiger partial charge in [-0.1, -0.05) is 6.07 Å². The maximum Gasteiger partial charge on any atom is 0.224 e. The highest BCUT2D eigenvalue weighted by atomic mass is 127. The molecule has 0 unspecified atom stereocenters. The summed E-state index contributed by atoms with van der Waals surface area (Å²) < 4.78 is 5.44. The minimum Gasteiger partial charge on any atom is -0.381 e. The Morgan fingerprint density at radius 1 is 1.26 bits per heavy atom. The molecule has 3 rings (SSSR count). The van der Waals surface area contributed by atoms with Crippen molar-refractivity contribution in [3.63, 3.8) is 0 Å². The molecule has 2 fully saturated rings. The van der Waals surface area contributed by atoms with Gasteiger partial charge in [-0.3, -0.25) is 9.79 Å². The average molecular weight is 544 g/mol. The summed E-state index contributed by atoms with van der Waals surface area (Å²) in [5.41, 5.74) is 0. The molecular formula is C22H37IN6O2. The van der Waals surface area contributed by atoms with E-state index < -0.39 is 0 Å². The minimum absolute atomic E-state index is 0. The first kappa shape index (κ1) is 25.6. The second kappa shape index (κ2) is 13.7. The lowest BCUT2D eigenvalue weighted by Crippen LogP contribution is -2.49. The normalized spacial score (nSPS) is 17.8. The van der Waals surface area contributed by atoms with Gasteiger partial charge < -0.3 is 24.8 Å². The van der Waals surface area contributed by atoms with E-state index in [0.29, 0.717) is 13.0 Å². The van der Waals surface area contributed by atoms with E-state index in [0.717, 1.165) is 82.9 Å². The number of nitrogens with zero attached hydrogens (tertiary/aromatic N) is 5. The summed E-state index contributed by atoms with van der Waals surface area (Å²) >= 11 is 0. The van der Waals surface area contributed by atoms with Crippen LogP contribution in [0.15, 0.2) is 29.4 Å². The average Bonchev–Trinajstić information content (AvgIpc) is 2.81. The molecule has 2 aliphatic rings. The Balaban J connectivity index is 0.00000341. The van der Waals surface area contributed by atoms with Gasteiger partial charge in [0.1, 0.15) is 5.82 Å². The highest BCUT2D eigenvalue weighted by Crippen LogP contribution is 2.18. The number of carbonyl (C=O) groups is 1. The van der Waals surface area contributed by atoms with Gasteiger partial charge in [-0.05, 0) is 37.3 Å².